The summed E-state index contributed by atoms with van der Waals surface area (Å²) in [5.74, 6) is 1.45. The number of anilines is 2. The van der Waals surface area contributed by atoms with Gasteiger partial charge in [0.25, 0.3) is 0 Å². The summed E-state index contributed by atoms with van der Waals surface area (Å²) in [6.07, 6.45) is 2.67. The number of ether oxygens (including phenoxy) is 1. The monoisotopic (exact) mass is 387 g/mol. The smallest absolute Gasteiger partial charge is 0.223 e. The van der Waals surface area contributed by atoms with E-state index >= 15 is 0 Å². The van der Waals surface area contributed by atoms with Crippen molar-refractivity contribution in [1.29, 1.82) is 0 Å². The van der Waals surface area contributed by atoms with Gasteiger partial charge < -0.3 is 20.8 Å². The number of rotatable bonds is 7. The number of hydrogen-bond donors (Lipinski definition) is 3. The van der Waals surface area contributed by atoms with Gasteiger partial charge in [0.2, 0.25) is 11.9 Å². The zero-order valence-electron chi connectivity index (χ0n) is 16.0. The molecule has 29 heavy (non-hydrogen) atoms. The number of aryl methyl sites for hydroxylation is 1. The highest BCUT2D eigenvalue weighted by atomic mass is 16.5. The number of imidazole rings is 1. The minimum absolute atomic E-state index is 0.0733. The molecule has 1 amide bonds. The summed E-state index contributed by atoms with van der Waals surface area (Å²) in [7, 11) is 0. The fourth-order valence-electron chi connectivity index (χ4n) is 3.00. The van der Waals surface area contributed by atoms with Gasteiger partial charge in [-0.3, -0.25) is 9.78 Å². The van der Waals surface area contributed by atoms with E-state index in [0.717, 1.165) is 23.1 Å². The highest BCUT2D eigenvalue weighted by Crippen LogP contribution is 2.26. The van der Waals surface area contributed by atoms with Crippen LogP contribution < -0.4 is 15.8 Å². The van der Waals surface area contributed by atoms with Gasteiger partial charge in [0.15, 0.2) is 0 Å². The van der Waals surface area contributed by atoms with Crippen molar-refractivity contribution in [2.75, 3.05) is 5.32 Å². The average Bonchev–Trinajstić information content (AvgIpc) is 3.10. The molecule has 7 nitrogen and oxygen atoms in total. The molecular formula is C22H21N5O2. The van der Waals surface area contributed by atoms with Crippen LogP contribution in [0.15, 0.2) is 60.8 Å². The van der Waals surface area contributed by atoms with Crippen LogP contribution in [-0.2, 0) is 17.6 Å². The van der Waals surface area contributed by atoms with Gasteiger partial charge in [-0.1, -0.05) is 19.1 Å². The number of aromatic nitrogens is 3. The normalized spacial score (nSPS) is 10.8. The van der Waals surface area contributed by atoms with Crippen LogP contribution in [0.25, 0.3) is 11.0 Å². The fraction of sp³-hybridized carbons (Fsp3) is 0.136. The Kier molecular flexibility index (Phi) is 5.11. The lowest BCUT2D eigenvalue weighted by atomic mass is 10.1. The molecule has 7 heteroatoms. The lowest BCUT2D eigenvalue weighted by Crippen LogP contribution is -2.14. The van der Waals surface area contributed by atoms with Crippen molar-refractivity contribution in [3.63, 3.8) is 0 Å². The Balaban J connectivity index is 1.51. The topological polar surface area (TPSA) is 106 Å². The Labute approximate surface area is 168 Å². The number of nitrogens with zero attached hydrogens (tertiary/aromatic N) is 2. The van der Waals surface area contributed by atoms with E-state index in [2.05, 4.69) is 39.3 Å². The predicted octanol–water partition coefficient (Wildman–Crippen LogP) is 4.08. The number of hydrogen-bond acceptors (Lipinski definition) is 5. The second kappa shape index (κ2) is 8.02. The number of aromatic amines is 1. The Morgan fingerprint density at radius 1 is 1.10 bits per heavy atom. The first-order chi connectivity index (χ1) is 14.1. The standard InChI is InChI=1S/C22H21N5O2/c1-2-14-3-5-15(6-4-14)25-22-26-19-8-7-17(13-20(19)27-22)29-18-9-10-24-16(11-18)12-21(23)28/h3-11,13H,2,12H2,1H3,(H2,23,28)(H2,25,26,27). The summed E-state index contributed by atoms with van der Waals surface area (Å²) in [5.41, 5.74) is 9.72. The van der Waals surface area contributed by atoms with Crippen LogP contribution in [0.5, 0.6) is 11.5 Å². The first-order valence-corrected chi connectivity index (χ1v) is 9.36. The van der Waals surface area contributed by atoms with Crippen molar-refractivity contribution in [2.24, 2.45) is 5.73 Å². The van der Waals surface area contributed by atoms with E-state index in [1.54, 1.807) is 18.3 Å². The maximum Gasteiger partial charge on any atom is 0.223 e. The number of primary amides is 1. The largest absolute Gasteiger partial charge is 0.457 e. The molecule has 0 unspecified atom stereocenters. The third-order valence-electron chi connectivity index (χ3n) is 4.46. The van der Waals surface area contributed by atoms with E-state index < -0.39 is 5.91 Å². The molecule has 0 bridgehead atoms. The molecule has 0 saturated carbocycles. The third kappa shape index (κ3) is 4.52. The zero-order chi connectivity index (χ0) is 20.2. The number of H-pyrrole nitrogens is 1. The molecule has 0 fully saturated rings. The highest BCUT2D eigenvalue weighted by Gasteiger charge is 2.07. The zero-order valence-corrected chi connectivity index (χ0v) is 16.0. The Hall–Kier alpha value is -3.87. The molecule has 4 rings (SSSR count). The van der Waals surface area contributed by atoms with Crippen LogP contribution in [0, 0.1) is 0 Å². The molecule has 0 saturated heterocycles. The quantitative estimate of drug-likeness (QED) is 0.443. The van der Waals surface area contributed by atoms with Gasteiger partial charge in [0.05, 0.1) is 23.1 Å². The minimum Gasteiger partial charge on any atom is -0.457 e. The van der Waals surface area contributed by atoms with Gasteiger partial charge in [0, 0.05) is 24.0 Å². The lowest BCUT2D eigenvalue weighted by Gasteiger charge is -2.06. The maximum atomic E-state index is 11.1. The van der Waals surface area contributed by atoms with Gasteiger partial charge in [-0.25, -0.2) is 4.98 Å². The van der Waals surface area contributed by atoms with E-state index in [1.807, 2.05) is 30.3 Å². The summed E-state index contributed by atoms with van der Waals surface area (Å²) in [6, 6.07) is 17.3. The van der Waals surface area contributed by atoms with Crippen LogP contribution >= 0.6 is 0 Å². The minimum atomic E-state index is -0.433. The third-order valence-corrected chi connectivity index (χ3v) is 4.46. The first kappa shape index (κ1) is 18.5. The molecule has 0 aliphatic carbocycles. The molecule has 2 aromatic heterocycles. The fourth-order valence-corrected chi connectivity index (χ4v) is 3.00. The van der Waals surface area contributed by atoms with Crippen molar-refractivity contribution in [1.82, 2.24) is 15.0 Å². The Morgan fingerprint density at radius 3 is 2.66 bits per heavy atom. The first-order valence-electron chi connectivity index (χ1n) is 9.36. The van der Waals surface area contributed by atoms with E-state index in [9.17, 15) is 4.79 Å². The van der Waals surface area contributed by atoms with Crippen LogP contribution in [0.3, 0.4) is 0 Å². The van der Waals surface area contributed by atoms with Gasteiger partial charge >= 0.3 is 0 Å². The van der Waals surface area contributed by atoms with Gasteiger partial charge in [-0.2, -0.15) is 0 Å². The molecule has 2 aromatic carbocycles. The molecule has 146 valence electrons. The Bertz CT molecular complexity index is 1150. The number of carbonyl (C=O) groups is 1. The number of fused-ring (bicyclic) bond motifs is 1. The second-order valence-electron chi connectivity index (χ2n) is 6.67. The summed E-state index contributed by atoms with van der Waals surface area (Å²) in [6.45, 7) is 2.13. The molecule has 2 heterocycles. The van der Waals surface area contributed by atoms with Crippen molar-refractivity contribution in [3.05, 3.63) is 72.1 Å². The van der Waals surface area contributed by atoms with Crippen molar-refractivity contribution < 1.29 is 9.53 Å². The average molecular weight is 387 g/mol. The van der Waals surface area contributed by atoms with Crippen molar-refractivity contribution in [2.45, 2.75) is 19.8 Å². The summed E-state index contributed by atoms with van der Waals surface area (Å²) in [4.78, 5) is 23.0. The van der Waals surface area contributed by atoms with Crippen LogP contribution in [0.4, 0.5) is 11.6 Å². The van der Waals surface area contributed by atoms with E-state index in [0.29, 0.717) is 23.1 Å². The SMILES string of the molecule is CCc1ccc(Nc2nc3cc(Oc4ccnc(CC(N)=O)c4)ccc3[nH]2)cc1. The van der Waals surface area contributed by atoms with Crippen LogP contribution in [0.2, 0.25) is 0 Å². The van der Waals surface area contributed by atoms with Crippen molar-refractivity contribution in [3.8, 4) is 11.5 Å². The Morgan fingerprint density at radius 2 is 1.90 bits per heavy atom. The molecule has 0 spiro atoms. The predicted molar refractivity (Wildman–Crippen MR) is 112 cm³/mol. The van der Waals surface area contributed by atoms with Gasteiger partial charge in [-0.15, -0.1) is 0 Å². The summed E-state index contributed by atoms with van der Waals surface area (Å²) >= 11 is 0. The van der Waals surface area contributed by atoms with E-state index in [4.69, 9.17) is 10.5 Å². The molecular weight excluding hydrogens is 366 g/mol. The second-order valence-corrected chi connectivity index (χ2v) is 6.67. The molecule has 0 aliphatic rings. The van der Waals surface area contributed by atoms with Gasteiger partial charge in [0.1, 0.15) is 11.5 Å². The molecule has 4 N–H and O–H groups in total. The summed E-state index contributed by atoms with van der Waals surface area (Å²) < 4.78 is 5.90. The number of nitrogens with two attached hydrogens (primary N) is 1. The van der Waals surface area contributed by atoms with E-state index in [-0.39, 0.29) is 6.42 Å². The molecule has 0 radical (unpaired) electrons. The van der Waals surface area contributed by atoms with Crippen LogP contribution in [0.1, 0.15) is 18.2 Å². The van der Waals surface area contributed by atoms with Crippen molar-refractivity contribution >= 4 is 28.6 Å². The number of benzene rings is 2. The van der Waals surface area contributed by atoms with Gasteiger partial charge in [-0.05, 0) is 42.3 Å². The highest BCUT2D eigenvalue weighted by molar-refractivity contribution is 5.80. The number of amides is 1. The number of carbonyl (C=O) groups excluding carboxylic acids is 1. The molecule has 0 aliphatic heterocycles. The molecule has 0 atom stereocenters. The number of pyridine rings is 1. The molecule has 4 aromatic rings. The van der Waals surface area contributed by atoms with E-state index in [1.165, 1.54) is 5.56 Å². The summed E-state index contributed by atoms with van der Waals surface area (Å²) in [5, 5.41) is 3.28. The van der Waals surface area contributed by atoms with Crippen LogP contribution in [-0.4, -0.2) is 20.9 Å². The lowest BCUT2D eigenvalue weighted by molar-refractivity contribution is -0.117. The maximum absolute atomic E-state index is 11.1. The number of nitrogens with one attached hydrogen (secondary N) is 2.